The van der Waals surface area contributed by atoms with E-state index in [9.17, 15) is 0 Å². The summed E-state index contributed by atoms with van der Waals surface area (Å²) in [7, 11) is 0. The van der Waals surface area contributed by atoms with Crippen LogP contribution in [-0.4, -0.2) is 11.4 Å². The van der Waals surface area contributed by atoms with Crippen LogP contribution in [-0.2, 0) is 0 Å². The molecule has 0 bridgehead atoms. The Morgan fingerprint density at radius 3 is 2.18 bits per heavy atom. The molecule has 0 radical (unpaired) electrons. The van der Waals surface area contributed by atoms with E-state index in [1.54, 1.807) is 0 Å². The molecule has 0 N–H and O–H groups in total. The Labute approximate surface area is 136 Å². The van der Waals surface area contributed by atoms with Crippen molar-refractivity contribution in [1.82, 2.24) is 4.90 Å². The van der Waals surface area contributed by atoms with Crippen molar-refractivity contribution < 1.29 is 0 Å². The van der Waals surface area contributed by atoms with Gasteiger partial charge in [-0.1, -0.05) is 67.8 Å². The average molecular weight is 295 g/mol. The van der Waals surface area contributed by atoms with Crippen LogP contribution in [0.1, 0.15) is 27.7 Å². The maximum atomic E-state index is 4.06. The zero-order valence-electron chi connectivity index (χ0n) is 14.4. The minimum Gasteiger partial charge on any atom is -0.349 e. The molecule has 1 heteroatoms. The lowest BCUT2D eigenvalue weighted by atomic mass is 10.1. The molecular formula is C21H29N. The number of rotatable bonds is 9. The zero-order chi connectivity index (χ0) is 16.8. The molecule has 0 aromatic rings. The van der Waals surface area contributed by atoms with Gasteiger partial charge in [-0.05, 0) is 44.9 Å². The molecule has 0 aromatic heterocycles. The Morgan fingerprint density at radius 2 is 1.59 bits per heavy atom. The van der Waals surface area contributed by atoms with Gasteiger partial charge in [0.15, 0.2) is 0 Å². The van der Waals surface area contributed by atoms with E-state index in [1.807, 2.05) is 75.6 Å². The standard InChI is InChI=1S/C21H29N/c1-7-9-11-13-17-22(19(3)4)18-14-12-16-21(6)20(5)15-10-8-2/h7-16,18H,3,6,17H2,1-2,4-5H3/b9-7-,10-8-,13-11-,16-12-,18-14+,20-15+. The van der Waals surface area contributed by atoms with Crippen molar-refractivity contribution in [2.45, 2.75) is 27.7 Å². The highest BCUT2D eigenvalue weighted by Crippen LogP contribution is 2.09. The maximum Gasteiger partial charge on any atom is 0.0405 e. The van der Waals surface area contributed by atoms with E-state index in [-0.39, 0.29) is 0 Å². The van der Waals surface area contributed by atoms with E-state index in [0.717, 1.165) is 23.4 Å². The van der Waals surface area contributed by atoms with E-state index in [1.165, 1.54) is 0 Å². The first-order valence-electron chi connectivity index (χ1n) is 7.56. The van der Waals surface area contributed by atoms with E-state index in [4.69, 9.17) is 0 Å². The van der Waals surface area contributed by atoms with Crippen molar-refractivity contribution in [3.63, 3.8) is 0 Å². The molecule has 0 unspecified atom stereocenters. The van der Waals surface area contributed by atoms with E-state index in [2.05, 4.69) is 37.1 Å². The molecule has 0 aliphatic heterocycles. The molecule has 0 aliphatic rings. The molecule has 0 rings (SSSR count). The molecule has 0 amide bonds. The number of allylic oxidation sites excluding steroid dienone is 12. The Bertz CT molecular complexity index is 522. The van der Waals surface area contributed by atoms with Crippen LogP contribution in [0.3, 0.4) is 0 Å². The smallest absolute Gasteiger partial charge is 0.0405 e. The molecule has 0 aliphatic carbocycles. The normalized spacial score (nSPS) is 13.4. The highest BCUT2D eigenvalue weighted by molar-refractivity contribution is 5.38. The van der Waals surface area contributed by atoms with Crippen LogP contribution in [0, 0.1) is 0 Å². The van der Waals surface area contributed by atoms with Crippen LogP contribution in [0.2, 0.25) is 0 Å². The third-order valence-corrected chi connectivity index (χ3v) is 2.95. The monoisotopic (exact) mass is 295 g/mol. The molecule has 0 aromatic carbocycles. The Hall–Kier alpha value is -2.28. The quantitative estimate of drug-likeness (QED) is 0.464. The summed E-state index contributed by atoms with van der Waals surface area (Å²) in [6.45, 7) is 16.9. The van der Waals surface area contributed by atoms with Gasteiger partial charge in [0.05, 0.1) is 0 Å². The Balaban J connectivity index is 4.61. The van der Waals surface area contributed by atoms with Crippen LogP contribution in [0.25, 0.3) is 0 Å². The first kappa shape index (κ1) is 19.7. The fourth-order valence-corrected chi connectivity index (χ4v) is 1.51. The first-order valence-corrected chi connectivity index (χ1v) is 7.56. The molecule has 22 heavy (non-hydrogen) atoms. The van der Waals surface area contributed by atoms with Crippen LogP contribution in [0.15, 0.2) is 97.0 Å². The highest BCUT2D eigenvalue weighted by atomic mass is 15.1. The summed E-state index contributed by atoms with van der Waals surface area (Å²) >= 11 is 0. The molecular weight excluding hydrogens is 266 g/mol. The predicted octanol–water partition coefficient (Wildman–Crippen LogP) is 6.10. The summed E-state index contributed by atoms with van der Waals surface area (Å²) in [5.74, 6) is 0. The Kier molecular flexibility index (Phi) is 11.2. The Morgan fingerprint density at radius 1 is 0.909 bits per heavy atom. The van der Waals surface area contributed by atoms with Gasteiger partial charge in [-0.15, -0.1) is 0 Å². The van der Waals surface area contributed by atoms with Crippen molar-refractivity contribution >= 4 is 0 Å². The van der Waals surface area contributed by atoms with Crippen molar-refractivity contribution in [2.75, 3.05) is 6.54 Å². The van der Waals surface area contributed by atoms with E-state index in [0.29, 0.717) is 0 Å². The molecule has 118 valence electrons. The topological polar surface area (TPSA) is 3.24 Å². The third-order valence-electron chi connectivity index (χ3n) is 2.95. The van der Waals surface area contributed by atoms with E-state index >= 15 is 0 Å². The number of hydrogen-bond donors (Lipinski definition) is 0. The molecule has 0 saturated carbocycles. The minimum atomic E-state index is 0.811. The lowest BCUT2D eigenvalue weighted by molar-refractivity contribution is 0.520. The van der Waals surface area contributed by atoms with Gasteiger partial charge in [0, 0.05) is 18.4 Å². The van der Waals surface area contributed by atoms with Gasteiger partial charge in [-0.25, -0.2) is 0 Å². The zero-order valence-corrected chi connectivity index (χ0v) is 14.4. The van der Waals surface area contributed by atoms with Crippen molar-refractivity contribution in [3.05, 3.63) is 97.0 Å². The van der Waals surface area contributed by atoms with Crippen LogP contribution < -0.4 is 0 Å². The van der Waals surface area contributed by atoms with Crippen molar-refractivity contribution in [2.24, 2.45) is 0 Å². The number of hydrogen-bond acceptors (Lipinski definition) is 1. The predicted molar refractivity (Wildman–Crippen MR) is 101 cm³/mol. The van der Waals surface area contributed by atoms with Gasteiger partial charge in [0.25, 0.3) is 0 Å². The first-order chi connectivity index (χ1) is 10.5. The van der Waals surface area contributed by atoms with Crippen LogP contribution in [0.4, 0.5) is 0 Å². The summed E-state index contributed by atoms with van der Waals surface area (Å²) in [5, 5.41) is 0. The fraction of sp³-hybridized carbons (Fsp3) is 0.238. The summed E-state index contributed by atoms with van der Waals surface area (Å²) in [6.07, 6.45) is 22.3. The summed E-state index contributed by atoms with van der Waals surface area (Å²) in [6, 6.07) is 0. The minimum absolute atomic E-state index is 0.811. The van der Waals surface area contributed by atoms with Gasteiger partial charge in [0.1, 0.15) is 0 Å². The van der Waals surface area contributed by atoms with Gasteiger partial charge in [-0.2, -0.15) is 0 Å². The molecule has 0 saturated heterocycles. The summed E-state index contributed by atoms with van der Waals surface area (Å²) in [5.41, 5.74) is 3.18. The number of nitrogens with zero attached hydrogens (tertiary/aromatic N) is 1. The largest absolute Gasteiger partial charge is 0.349 e. The lowest BCUT2D eigenvalue weighted by Crippen LogP contribution is -2.13. The van der Waals surface area contributed by atoms with Gasteiger partial charge < -0.3 is 4.90 Å². The lowest BCUT2D eigenvalue weighted by Gasteiger charge is -2.17. The molecule has 0 atom stereocenters. The second kappa shape index (κ2) is 12.5. The maximum absolute atomic E-state index is 4.06. The summed E-state index contributed by atoms with van der Waals surface area (Å²) in [4.78, 5) is 2.09. The molecule has 0 spiro atoms. The highest BCUT2D eigenvalue weighted by Gasteiger charge is 1.95. The van der Waals surface area contributed by atoms with Crippen molar-refractivity contribution in [3.8, 4) is 0 Å². The van der Waals surface area contributed by atoms with Crippen LogP contribution >= 0.6 is 0 Å². The molecule has 0 heterocycles. The van der Waals surface area contributed by atoms with Gasteiger partial charge in [-0.3, -0.25) is 0 Å². The fourth-order valence-electron chi connectivity index (χ4n) is 1.51. The van der Waals surface area contributed by atoms with Gasteiger partial charge in [0.2, 0.25) is 0 Å². The second-order valence-corrected chi connectivity index (χ2v) is 4.94. The van der Waals surface area contributed by atoms with E-state index < -0.39 is 0 Å². The van der Waals surface area contributed by atoms with Crippen LogP contribution in [0.5, 0.6) is 0 Å². The average Bonchev–Trinajstić information content (AvgIpc) is 2.50. The van der Waals surface area contributed by atoms with Gasteiger partial charge >= 0.3 is 0 Å². The second-order valence-electron chi connectivity index (χ2n) is 4.94. The summed E-state index contributed by atoms with van der Waals surface area (Å²) < 4.78 is 0. The SMILES string of the molecule is C=C(/C=C\C=C\N(C/C=C\C=C/C)C(=C)C)/C(C)=C/C=C\C. The third kappa shape index (κ3) is 9.60. The molecule has 0 fully saturated rings. The van der Waals surface area contributed by atoms with Crippen molar-refractivity contribution in [1.29, 1.82) is 0 Å². The molecule has 1 nitrogen and oxygen atoms in total.